The van der Waals surface area contributed by atoms with Crippen LogP contribution < -0.4 is 24.2 Å². The molecule has 0 spiro atoms. The highest BCUT2D eigenvalue weighted by molar-refractivity contribution is 7.89. The molecule has 1 fully saturated rings. The van der Waals surface area contributed by atoms with E-state index >= 15 is 0 Å². The molecule has 1 unspecified atom stereocenters. The fourth-order valence-electron chi connectivity index (χ4n) is 4.52. The lowest BCUT2D eigenvalue weighted by Gasteiger charge is -2.28. The van der Waals surface area contributed by atoms with E-state index in [1.54, 1.807) is 36.4 Å². The van der Waals surface area contributed by atoms with Gasteiger partial charge >= 0.3 is 0 Å². The summed E-state index contributed by atoms with van der Waals surface area (Å²) in [6.45, 7) is 0.118. The van der Waals surface area contributed by atoms with Crippen LogP contribution in [0, 0.1) is 0 Å². The summed E-state index contributed by atoms with van der Waals surface area (Å²) in [6.07, 6.45) is 0.120. The number of sulfonamides is 1. The number of nitrogens with zero attached hydrogens (tertiary/aromatic N) is 2. The van der Waals surface area contributed by atoms with E-state index in [2.05, 4.69) is 0 Å². The molecule has 210 valence electrons. The largest absolute Gasteiger partial charge is 0.497 e. The van der Waals surface area contributed by atoms with Crippen LogP contribution in [0.5, 0.6) is 17.2 Å². The summed E-state index contributed by atoms with van der Waals surface area (Å²) in [6, 6.07) is 15.9. The maximum absolute atomic E-state index is 13.8. The standard InChI is InChI=1S/C28H29N3O8S/c1-37-21-6-4-5-19(16-21)27(33)30(14-13-18-7-12-24(38-2)25(15-18)39-3)23-17-26(32)31(28(23)34)20-8-10-22(11-9-20)40(29,35)36/h4-12,15-16,23H,13-14,17H2,1-3H3,(H2,29,35,36). The number of amides is 3. The Morgan fingerprint density at radius 3 is 2.27 bits per heavy atom. The van der Waals surface area contributed by atoms with Gasteiger partial charge in [-0.15, -0.1) is 0 Å². The van der Waals surface area contributed by atoms with Crippen LogP contribution in [0.15, 0.2) is 71.6 Å². The van der Waals surface area contributed by atoms with Crippen LogP contribution in [0.2, 0.25) is 0 Å². The van der Waals surface area contributed by atoms with Crippen molar-refractivity contribution >= 4 is 33.4 Å². The second-order valence-electron chi connectivity index (χ2n) is 9.00. The summed E-state index contributed by atoms with van der Waals surface area (Å²) in [5.74, 6) is -0.0269. The van der Waals surface area contributed by atoms with Crippen molar-refractivity contribution in [2.75, 3.05) is 32.8 Å². The van der Waals surface area contributed by atoms with Crippen molar-refractivity contribution < 1.29 is 37.0 Å². The number of anilines is 1. The first-order chi connectivity index (χ1) is 19.1. The molecule has 0 aromatic heterocycles. The molecule has 0 radical (unpaired) electrons. The third-order valence-electron chi connectivity index (χ3n) is 6.59. The van der Waals surface area contributed by atoms with Gasteiger partial charge in [0.25, 0.3) is 11.8 Å². The molecule has 4 rings (SSSR count). The van der Waals surface area contributed by atoms with Crippen molar-refractivity contribution in [1.82, 2.24) is 4.90 Å². The predicted molar refractivity (Wildman–Crippen MR) is 146 cm³/mol. The second-order valence-corrected chi connectivity index (χ2v) is 10.6. The van der Waals surface area contributed by atoms with Gasteiger partial charge in [-0.05, 0) is 66.6 Å². The molecule has 12 heteroatoms. The van der Waals surface area contributed by atoms with Crippen molar-refractivity contribution in [3.8, 4) is 17.2 Å². The molecule has 11 nitrogen and oxygen atoms in total. The monoisotopic (exact) mass is 567 g/mol. The van der Waals surface area contributed by atoms with Crippen LogP contribution in [0.1, 0.15) is 22.3 Å². The number of rotatable bonds is 10. The minimum atomic E-state index is -3.95. The Labute approximate surface area is 232 Å². The van der Waals surface area contributed by atoms with E-state index in [0.717, 1.165) is 10.5 Å². The molecular formula is C28H29N3O8S. The van der Waals surface area contributed by atoms with Gasteiger partial charge in [0.2, 0.25) is 15.9 Å². The number of carbonyl (C=O) groups excluding carboxylic acids is 3. The molecule has 1 saturated heterocycles. The smallest absolute Gasteiger partial charge is 0.257 e. The number of imide groups is 1. The SMILES string of the molecule is COc1cccc(C(=O)N(CCc2ccc(OC)c(OC)c2)C2CC(=O)N(c3ccc(S(N)(=O)=O)cc3)C2=O)c1. The number of carbonyl (C=O) groups is 3. The minimum Gasteiger partial charge on any atom is -0.497 e. The number of hydrogen-bond acceptors (Lipinski definition) is 8. The van der Waals surface area contributed by atoms with Crippen LogP contribution in [-0.2, 0) is 26.0 Å². The minimum absolute atomic E-state index is 0.118. The molecular weight excluding hydrogens is 538 g/mol. The lowest BCUT2D eigenvalue weighted by molar-refractivity contribution is -0.122. The first kappa shape index (κ1) is 28.6. The first-order valence-electron chi connectivity index (χ1n) is 12.2. The zero-order valence-corrected chi connectivity index (χ0v) is 23.0. The number of primary sulfonamides is 1. The molecule has 3 aromatic carbocycles. The molecule has 1 heterocycles. The lowest BCUT2D eigenvalue weighted by atomic mass is 10.1. The molecule has 0 saturated carbocycles. The highest BCUT2D eigenvalue weighted by Crippen LogP contribution is 2.30. The van der Waals surface area contributed by atoms with E-state index in [1.807, 2.05) is 6.07 Å². The van der Waals surface area contributed by atoms with Gasteiger partial charge < -0.3 is 19.1 Å². The van der Waals surface area contributed by atoms with Crippen LogP contribution in [-0.4, -0.2) is 65.0 Å². The number of benzene rings is 3. The summed E-state index contributed by atoms with van der Waals surface area (Å²) in [7, 11) is 0.581. The molecule has 3 amide bonds. The topological polar surface area (TPSA) is 146 Å². The summed E-state index contributed by atoms with van der Waals surface area (Å²) in [4.78, 5) is 42.6. The third-order valence-corrected chi connectivity index (χ3v) is 7.52. The highest BCUT2D eigenvalue weighted by atomic mass is 32.2. The van der Waals surface area contributed by atoms with Gasteiger partial charge in [0.05, 0.1) is 38.3 Å². The van der Waals surface area contributed by atoms with Crippen LogP contribution in [0.25, 0.3) is 0 Å². The maximum Gasteiger partial charge on any atom is 0.257 e. The van der Waals surface area contributed by atoms with Crippen molar-refractivity contribution in [3.63, 3.8) is 0 Å². The summed E-state index contributed by atoms with van der Waals surface area (Å²) in [5, 5.41) is 5.16. The van der Waals surface area contributed by atoms with Gasteiger partial charge in [0, 0.05) is 12.1 Å². The van der Waals surface area contributed by atoms with Crippen LogP contribution in [0.4, 0.5) is 5.69 Å². The molecule has 0 aliphatic carbocycles. The summed E-state index contributed by atoms with van der Waals surface area (Å²) < 4.78 is 39.2. The Hall–Kier alpha value is -4.42. The Bertz CT molecular complexity index is 1540. The van der Waals surface area contributed by atoms with Crippen molar-refractivity contribution in [2.45, 2.75) is 23.8 Å². The Balaban J connectivity index is 1.65. The van der Waals surface area contributed by atoms with Gasteiger partial charge in [-0.2, -0.15) is 0 Å². The molecule has 3 aromatic rings. The van der Waals surface area contributed by atoms with E-state index in [0.29, 0.717) is 29.2 Å². The molecule has 0 bridgehead atoms. The van der Waals surface area contributed by atoms with Crippen molar-refractivity contribution in [1.29, 1.82) is 0 Å². The van der Waals surface area contributed by atoms with Gasteiger partial charge in [-0.3, -0.25) is 14.4 Å². The van der Waals surface area contributed by atoms with E-state index in [9.17, 15) is 22.8 Å². The van der Waals surface area contributed by atoms with E-state index in [-0.39, 0.29) is 23.5 Å². The number of methoxy groups -OCH3 is 3. The third kappa shape index (κ3) is 5.92. The molecule has 1 aliphatic heterocycles. The fourth-order valence-corrected chi connectivity index (χ4v) is 5.04. The van der Waals surface area contributed by atoms with Crippen LogP contribution in [0.3, 0.4) is 0 Å². The quantitative estimate of drug-likeness (QED) is 0.368. The maximum atomic E-state index is 13.8. The second kappa shape index (κ2) is 11.8. The molecule has 1 aliphatic rings. The average Bonchev–Trinajstić information content (AvgIpc) is 3.25. The number of nitrogens with two attached hydrogens (primary N) is 1. The van der Waals surface area contributed by atoms with E-state index < -0.39 is 33.8 Å². The Kier molecular flexibility index (Phi) is 8.40. The van der Waals surface area contributed by atoms with Crippen molar-refractivity contribution in [2.24, 2.45) is 5.14 Å². The molecule has 40 heavy (non-hydrogen) atoms. The normalized spacial score (nSPS) is 15.2. The highest BCUT2D eigenvalue weighted by Gasteiger charge is 2.44. The van der Waals surface area contributed by atoms with Gasteiger partial charge in [0.15, 0.2) is 11.5 Å². The van der Waals surface area contributed by atoms with Gasteiger partial charge in [-0.1, -0.05) is 12.1 Å². The lowest BCUT2D eigenvalue weighted by Crippen LogP contribution is -2.46. The zero-order chi connectivity index (χ0) is 29.0. The summed E-state index contributed by atoms with van der Waals surface area (Å²) >= 11 is 0. The molecule has 1 atom stereocenters. The van der Waals surface area contributed by atoms with E-state index in [4.69, 9.17) is 19.3 Å². The fraction of sp³-hybridized carbons (Fsp3) is 0.250. The first-order valence-corrected chi connectivity index (χ1v) is 13.8. The van der Waals surface area contributed by atoms with Gasteiger partial charge in [-0.25, -0.2) is 18.5 Å². The van der Waals surface area contributed by atoms with Crippen molar-refractivity contribution in [3.05, 3.63) is 77.9 Å². The predicted octanol–water partition coefficient (Wildman–Crippen LogP) is 2.38. The van der Waals surface area contributed by atoms with Crippen LogP contribution >= 0.6 is 0 Å². The molecule has 2 N–H and O–H groups in total. The van der Waals surface area contributed by atoms with E-state index in [1.165, 1.54) is 50.5 Å². The number of hydrogen-bond donors (Lipinski definition) is 1. The summed E-state index contributed by atoms with van der Waals surface area (Å²) in [5.41, 5.74) is 1.30. The number of ether oxygens (including phenoxy) is 3. The Morgan fingerprint density at radius 2 is 1.65 bits per heavy atom. The Morgan fingerprint density at radius 1 is 0.950 bits per heavy atom. The van der Waals surface area contributed by atoms with Gasteiger partial charge in [0.1, 0.15) is 11.8 Å². The zero-order valence-electron chi connectivity index (χ0n) is 22.2. The average molecular weight is 568 g/mol.